The van der Waals surface area contributed by atoms with Gasteiger partial charge >= 0.3 is 0 Å². The van der Waals surface area contributed by atoms with Crippen LogP contribution in [0.4, 0.5) is 0 Å². The largest absolute Gasteiger partial charge is 0.494 e. The monoisotopic (exact) mass is 472 g/mol. The first kappa shape index (κ1) is 25.0. The predicted octanol–water partition coefficient (Wildman–Crippen LogP) is 6.73. The van der Waals surface area contributed by atoms with Gasteiger partial charge in [-0.15, -0.1) is 0 Å². The summed E-state index contributed by atoms with van der Waals surface area (Å²) >= 11 is 0. The highest BCUT2D eigenvalue weighted by molar-refractivity contribution is 6.21. The van der Waals surface area contributed by atoms with Gasteiger partial charge in [0.05, 0.1) is 17.7 Å². The van der Waals surface area contributed by atoms with Gasteiger partial charge in [0.2, 0.25) is 0 Å². The molecule has 0 bridgehead atoms. The Balaban J connectivity index is 1.38. The molecule has 1 N–H and O–H groups in total. The van der Waals surface area contributed by atoms with Gasteiger partial charge in [-0.05, 0) is 74.8 Å². The van der Waals surface area contributed by atoms with E-state index in [4.69, 9.17) is 4.74 Å². The fourth-order valence-corrected chi connectivity index (χ4v) is 5.38. The van der Waals surface area contributed by atoms with Crippen LogP contribution < -0.4 is 4.74 Å². The minimum absolute atomic E-state index is 0.0514. The Morgan fingerprint density at radius 1 is 0.943 bits per heavy atom. The van der Waals surface area contributed by atoms with Crippen molar-refractivity contribution in [2.24, 2.45) is 0 Å². The highest BCUT2D eigenvalue weighted by atomic mass is 16.5. The third-order valence-corrected chi connectivity index (χ3v) is 7.35. The van der Waals surface area contributed by atoms with Gasteiger partial charge < -0.3 is 9.72 Å². The van der Waals surface area contributed by atoms with Crippen molar-refractivity contribution in [3.63, 3.8) is 0 Å². The number of unbranched alkanes of at least 4 members (excludes halogenated alkanes) is 1. The molecule has 0 saturated heterocycles. The quantitative estimate of drug-likeness (QED) is 0.235. The van der Waals surface area contributed by atoms with Gasteiger partial charge in [0.1, 0.15) is 5.75 Å². The number of aryl methyl sites for hydroxylation is 1. The van der Waals surface area contributed by atoms with E-state index in [-0.39, 0.29) is 17.2 Å². The summed E-state index contributed by atoms with van der Waals surface area (Å²) in [6, 6.07) is 13.3. The molecule has 5 heteroatoms. The van der Waals surface area contributed by atoms with E-state index in [1.54, 1.807) is 24.3 Å². The third-order valence-electron chi connectivity index (χ3n) is 7.35. The van der Waals surface area contributed by atoms with Crippen molar-refractivity contribution in [1.29, 1.82) is 0 Å². The first-order valence-corrected chi connectivity index (χ1v) is 13.0. The smallest absolute Gasteiger partial charge is 0.261 e. The summed E-state index contributed by atoms with van der Waals surface area (Å²) in [6.07, 6.45) is 9.14. The van der Waals surface area contributed by atoms with Gasteiger partial charge in [0, 0.05) is 34.6 Å². The molecule has 0 aliphatic carbocycles. The Kier molecular flexibility index (Phi) is 7.63. The van der Waals surface area contributed by atoms with E-state index in [0.717, 1.165) is 43.4 Å². The molecule has 1 aromatic heterocycles. The molecular formula is C30H36N2O3. The van der Waals surface area contributed by atoms with Gasteiger partial charge in [-0.25, -0.2) is 0 Å². The highest BCUT2D eigenvalue weighted by Gasteiger charge is 2.34. The van der Waals surface area contributed by atoms with E-state index in [1.807, 2.05) is 6.07 Å². The molecule has 0 unspecified atom stereocenters. The first-order valence-electron chi connectivity index (χ1n) is 13.0. The van der Waals surface area contributed by atoms with Crippen LogP contribution in [-0.2, 0) is 11.8 Å². The van der Waals surface area contributed by atoms with Crippen LogP contribution in [0.5, 0.6) is 5.75 Å². The zero-order chi connectivity index (χ0) is 25.0. The molecule has 5 nitrogen and oxygen atoms in total. The van der Waals surface area contributed by atoms with Gasteiger partial charge in [0.15, 0.2) is 0 Å². The summed E-state index contributed by atoms with van der Waals surface area (Å²) in [5.41, 5.74) is 4.72. The number of aromatic amines is 1. The summed E-state index contributed by atoms with van der Waals surface area (Å²) in [4.78, 5) is 30.0. The van der Waals surface area contributed by atoms with Crippen LogP contribution in [0, 0.1) is 6.42 Å². The fourth-order valence-electron chi connectivity index (χ4n) is 5.38. The van der Waals surface area contributed by atoms with Gasteiger partial charge in [0.25, 0.3) is 11.8 Å². The predicted molar refractivity (Wildman–Crippen MR) is 140 cm³/mol. The number of nitrogens with one attached hydrogen (secondary N) is 1. The Hall–Kier alpha value is -3.08. The van der Waals surface area contributed by atoms with Crippen LogP contribution >= 0.6 is 0 Å². The normalized spacial score (nSPS) is 13.7. The zero-order valence-electron chi connectivity index (χ0n) is 21.4. The van der Waals surface area contributed by atoms with E-state index in [1.165, 1.54) is 21.5 Å². The van der Waals surface area contributed by atoms with Crippen molar-refractivity contribution in [3.05, 3.63) is 71.3 Å². The second-order valence-corrected chi connectivity index (χ2v) is 9.22. The Morgan fingerprint density at radius 2 is 1.63 bits per heavy atom. The number of carbonyl (C=O) groups excluding carboxylic acids is 2. The number of rotatable bonds is 12. The summed E-state index contributed by atoms with van der Waals surface area (Å²) in [6.45, 7) is 9.81. The molecule has 2 radical (unpaired) electrons. The van der Waals surface area contributed by atoms with E-state index >= 15 is 0 Å². The lowest BCUT2D eigenvalue weighted by molar-refractivity contribution is 0.0649. The molecule has 3 aromatic rings. The number of benzene rings is 2. The molecule has 2 heterocycles. The maximum absolute atomic E-state index is 12.5. The lowest BCUT2D eigenvalue weighted by Gasteiger charge is -2.31. The topological polar surface area (TPSA) is 62.4 Å². The van der Waals surface area contributed by atoms with Crippen molar-refractivity contribution in [3.8, 4) is 5.75 Å². The van der Waals surface area contributed by atoms with Gasteiger partial charge in [-0.1, -0.05) is 39.8 Å². The molecule has 0 fully saturated rings. The van der Waals surface area contributed by atoms with E-state index in [9.17, 15) is 9.59 Å². The van der Waals surface area contributed by atoms with Crippen molar-refractivity contribution in [2.75, 3.05) is 13.2 Å². The van der Waals surface area contributed by atoms with Crippen LogP contribution in [0.15, 0.2) is 42.5 Å². The molecule has 4 rings (SSSR count). The van der Waals surface area contributed by atoms with Crippen molar-refractivity contribution in [1.82, 2.24) is 9.88 Å². The molecular weight excluding hydrogens is 436 g/mol. The van der Waals surface area contributed by atoms with Gasteiger partial charge in [-0.2, -0.15) is 0 Å². The second-order valence-electron chi connectivity index (χ2n) is 9.22. The maximum Gasteiger partial charge on any atom is 0.261 e. The lowest BCUT2D eigenvalue weighted by atomic mass is 9.74. The number of carbonyl (C=O) groups is 2. The minimum Gasteiger partial charge on any atom is -0.494 e. The number of aromatic nitrogens is 1. The molecule has 2 aromatic carbocycles. The van der Waals surface area contributed by atoms with Crippen molar-refractivity contribution >= 4 is 22.7 Å². The number of nitrogens with zero attached hydrogens (tertiary/aromatic N) is 1. The van der Waals surface area contributed by atoms with Crippen LogP contribution in [0.25, 0.3) is 10.9 Å². The number of fused-ring (bicyclic) bond motifs is 2. The first-order chi connectivity index (χ1) is 17.0. The molecule has 2 amide bonds. The molecule has 35 heavy (non-hydrogen) atoms. The lowest BCUT2D eigenvalue weighted by Crippen LogP contribution is -2.30. The highest BCUT2D eigenvalue weighted by Crippen LogP contribution is 2.40. The number of imide groups is 1. The van der Waals surface area contributed by atoms with E-state index in [2.05, 4.69) is 51.2 Å². The summed E-state index contributed by atoms with van der Waals surface area (Å²) < 4.78 is 6.04. The van der Waals surface area contributed by atoms with Crippen molar-refractivity contribution < 1.29 is 14.3 Å². The van der Waals surface area contributed by atoms with Crippen LogP contribution in [-0.4, -0.2) is 34.8 Å². The average molecular weight is 473 g/mol. The van der Waals surface area contributed by atoms with E-state index < -0.39 is 0 Å². The standard InChI is InChI=1S/C30H36N2O3/c1-5-17-30(7-3,8-4)27-22(6-2)23-16-15-21(20-26(23)31-27)35-19-12-11-18-32-28(33)24-13-9-10-14-25(24)29(32)34/h9-10,13-16,20,31H,5-8,11-12,18-19H2,1-4H3. The molecule has 1 aliphatic rings. The molecule has 1 aliphatic heterocycles. The SMILES string of the molecule is CC[C]C(CC)(CC)c1[nH]c2cc(OCCCCN3C(=O)c4ccccc4C3=O)ccc2c1CC. The van der Waals surface area contributed by atoms with Crippen LogP contribution in [0.2, 0.25) is 0 Å². The van der Waals surface area contributed by atoms with Crippen LogP contribution in [0.3, 0.4) is 0 Å². The van der Waals surface area contributed by atoms with Crippen LogP contribution in [0.1, 0.15) is 91.8 Å². The molecule has 184 valence electrons. The number of amides is 2. The average Bonchev–Trinajstić information content (AvgIpc) is 3.37. The van der Waals surface area contributed by atoms with Gasteiger partial charge in [-0.3, -0.25) is 14.5 Å². The summed E-state index contributed by atoms with van der Waals surface area (Å²) in [7, 11) is 0. The third kappa shape index (κ3) is 4.61. The minimum atomic E-state index is -0.195. The summed E-state index contributed by atoms with van der Waals surface area (Å²) in [5.74, 6) is 0.439. The Labute approximate surface area is 208 Å². The molecule has 0 atom stereocenters. The number of H-pyrrole nitrogens is 1. The number of hydrogen-bond donors (Lipinski definition) is 1. The summed E-state index contributed by atoms with van der Waals surface area (Å²) in [5, 5.41) is 1.25. The number of ether oxygens (including phenoxy) is 1. The second kappa shape index (κ2) is 10.7. The molecule has 0 saturated carbocycles. The zero-order valence-corrected chi connectivity index (χ0v) is 21.4. The van der Waals surface area contributed by atoms with E-state index in [0.29, 0.717) is 30.7 Å². The fraction of sp³-hybridized carbons (Fsp3) is 0.433. The van der Waals surface area contributed by atoms with Crippen molar-refractivity contribution in [2.45, 2.75) is 71.6 Å². The number of hydrogen-bond acceptors (Lipinski definition) is 3. The Bertz CT molecular complexity index is 1170. The molecule has 0 spiro atoms. The maximum atomic E-state index is 12.5. The Morgan fingerprint density at radius 3 is 2.23 bits per heavy atom.